The Kier molecular flexibility index (Phi) is 7.62. The topological polar surface area (TPSA) is 46.3 Å². The smallest absolute Gasteiger partial charge is 0.273 e. The van der Waals surface area contributed by atoms with Crippen molar-refractivity contribution in [3.8, 4) is 0 Å². The van der Waals surface area contributed by atoms with Gasteiger partial charge in [0.05, 0.1) is 0 Å². The molecule has 0 saturated heterocycles. The van der Waals surface area contributed by atoms with E-state index in [-0.39, 0.29) is 23.9 Å². The van der Waals surface area contributed by atoms with Crippen LogP contribution in [0.25, 0.3) is 10.8 Å². The summed E-state index contributed by atoms with van der Waals surface area (Å²) in [5.41, 5.74) is 6.17. The number of amides is 1. The highest BCUT2D eigenvalue weighted by molar-refractivity contribution is 7.99. The van der Waals surface area contributed by atoms with Gasteiger partial charge in [0.2, 0.25) is 0 Å². The van der Waals surface area contributed by atoms with Crippen molar-refractivity contribution < 1.29 is 13.6 Å². The van der Waals surface area contributed by atoms with Crippen molar-refractivity contribution in [1.29, 1.82) is 0 Å². The van der Waals surface area contributed by atoms with Gasteiger partial charge in [0.15, 0.2) is 0 Å². The number of fused-ring (bicyclic) bond motifs is 1. The van der Waals surface area contributed by atoms with Gasteiger partial charge in [-0.05, 0) is 61.0 Å². The standard InChI is InChI=1S/C24H26F2N2OS2/c1-3-24(25,26)19-8-10-20(11-9-19)31-22-6-4-5-17-15-18(7-12-21(17)22)23(29)28(30)16(2)13-14-27/h4-12,15-16,30H,3,13-14,27H2,1-2H3/t16-/m0/s1. The predicted molar refractivity (Wildman–Crippen MR) is 127 cm³/mol. The molecule has 0 heterocycles. The number of alkyl halides is 2. The minimum atomic E-state index is -2.81. The summed E-state index contributed by atoms with van der Waals surface area (Å²) >= 11 is 5.86. The highest BCUT2D eigenvalue weighted by Crippen LogP contribution is 2.36. The Bertz CT molecular complexity index is 1060. The van der Waals surface area contributed by atoms with E-state index in [1.165, 1.54) is 35.1 Å². The maximum atomic E-state index is 13.9. The second-order valence-electron chi connectivity index (χ2n) is 7.45. The number of nitrogens with two attached hydrogens (primary N) is 1. The Hall–Kier alpha value is -2.09. The second kappa shape index (κ2) is 10.0. The monoisotopic (exact) mass is 460 g/mol. The van der Waals surface area contributed by atoms with Crippen molar-refractivity contribution in [2.45, 2.75) is 48.4 Å². The summed E-state index contributed by atoms with van der Waals surface area (Å²) in [4.78, 5) is 14.6. The maximum Gasteiger partial charge on any atom is 0.273 e. The molecule has 164 valence electrons. The van der Waals surface area contributed by atoms with Crippen LogP contribution in [0.3, 0.4) is 0 Å². The molecule has 0 saturated carbocycles. The lowest BCUT2D eigenvalue weighted by Gasteiger charge is -2.23. The summed E-state index contributed by atoms with van der Waals surface area (Å²) in [5, 5.41) is 1.92. The zero-order chi connectivity index (χ0) is 22.6. The fourth-order valence-corrected chi connectivity index (χ4v) is 4.47. The number of benzene rings is 3. The van der Waals surface area contributed by atoms with Crippen LogP contribution in [-0.2, 0) is 5.92 Å². The molecule has 0 radical (unpaired) electrons. The van der Waals surface area contributed by atoms with Crippen LogP contribution in [0.1, 0.15) is 42.6 Å². The molecule has 2 N–H and O–H groups in total. The molecule has 0 aliphatic carbocycles. The van der Waals surface area contributed by atoms with Crippen molar-refractivity contribution in [2.75, 3.05) is 6.54 Å². The molecule has 31 heavy (non-hydrogen) atoms. The summed E-state index contributed by atoms with van der Waals surface area (Å²) in [6, 6.07) is 17.8. The number of halogens is 2. The SMILES string of the molecule is CCC(F)(F)c1ccc(Sc2cccc3cc(C(=O)N(S)[C@@H](C)CCN)ccc23)cc1. The molecule has 3 aromatic rings. The van der Waals surface area contributed by atoms with E-state index < -0.39 is 5.92 Å². The maximum absolute atomic E-state index is 13.9. The van der Waals surface area contributed by atoms with Crippen LogP contribution in [0.2, 0.25) is 0 Å². The Morgan fingerprint density at radius 3 is 2.52 bits per heavy atom. The van der Waals surface area contributed by atoms with E-state index in [1.807, 2.05) is 37.3 Å². The molecule has 0 aliphatic heterocycles. The molecule has 3 nitrogen and oxygen atoms in total. The number of hydrogen-bond donors (Lipinski definition) is 2. The minimum Gasteiger partial charge on any atom is -0.330 e. The highest BCUT2D eigenvalue weighted by atomic mass is 32.2. The van der Waals surface area contributed by atoms with Crippen LogP contribution < -0.4 is 5.73 Å². The van der Waals surface area contributed by atoms with Crippen LogP contribution in [-0.4, -0.2) is 22.8 Å². The van der Waals surface area contributed by atoms with Crippen molar-refractivity contribution in [1.82, 2.24) is 4.31 Å². The Labute approximate surface area is 191 Å². The zero-order valence-corrected chi connectivity index (χ0v) is 19.2. The first-order valence-corrected chi connectivity index (χ1v) is 11.4. The summed E-state index contributed by atoms with van der Waals surface area (Å²) in [6.45, 7) is 3.87. The van der Waals surface area contributed by atoms with Crippen LogP contribution in [0.5, 0.6) is 0 Å². The van der Waals surface area contributed by atoms with E-state index in [0.29, 0.717) is 18.5 Å². The number of carbonyl (C=O) groups is 1. The molecule has 1 atom stereocenters. The molecule has 0 aromatic heterocycles. The quantitative estimate of drug-likeness (QED) is 0.376. The number of rotatable bonds is 8. The third-order valence-electron chi connectivity index (χ3n) is 5.25. The fourth-order valence-electron chi connectivity index (χ4n) is 3.27. The van der Waals surface area contributed by atoms with Crippen LogP contribution in [0.4, 0.5) is 8.78 Å². The summed E-state index contributed by atoms with van der Waals surface area (Å²) in [6.07, 6.45) is 0.450. The molecule has 1 amide bonds. The highest BCUT2D eigenvalue weighted by Gasteiger charge is 2.28. The lowest BCUT2D eigenvalue weighted by Crippen LogP contribution is -2.32. The first-order chi connectivity index (χ1) is 14.8. The Morgan fingerprint density at radius 2 is 1.87 bits per heavy atom. The number of thiol groups is 1. The predicted octanol–water partition coefficient (Wildman–Crippen LogP) is 6.52. The van der Waals surface area contributed by atoms with Crippen molar-refractivity contribution in [3.05, 3.63) is 71.8 Å². The van der Waals surface area contributed by atoms with Gasteiger partial charge in [0.25, 0.3) is 11.8 Å². The van der Waals surface area contributed by atoms with Gasteiger partial charge in [-0.2, -0.15) is 0 Å². The Morgan fingerprint density at radius 1 is 1.16 bits per heavy atom. The third kappa shape index (κ3) is 5.40. The molecular weight excluding hydrogens is 434 g/mol. The van der Waals surface area contributed by atoms with Crippen LogP contribution >= 0.6 is 24.6 Å². The van der Waals surface area contributed by atoms with Gasteiger partial charge in [-0.25, -0.2) is 8.78 Å². The number of nitrogens with zero attached hydrogens (tertiary/aromatic N) is 1. The van der Waals surface area contributed by atoms with Crippen molar-refractivity contribution in [2.24, 2.45) is 5.73 Å². The number of hydrogen-bond acceptors (Lipinski definition) is 4. The third-order valence-corrected chi connectivity index (χ3v) is 6.91. The molecule has 3 aromatic carbocycles. The van der Waals surface area contributed by atoms with Crippen LogP contribution in [0.15, 0.2) is 70.5 Å². The second-order valence-corrected chi connectivity index (χ2v) is 9.00. The molecule has 0 bridgehead atoms. The first-order valence-electron chi connectivity index (χ1n) is 10.2. The van der Waals surface area contributed by atoms with E-state index in [1.54, 1.807) is 18.2 Å². The molecule has 0 unspecified atom stereocenters. The van der Waals surface area contributed by atoms with E-state index in [4.69, 9.17) is 5.73 Å². The summed E-state index contributed by atoms with van der Waals surface area (Å²) in [7, 11) is 0. The van der Waals surface area contributed by atoms with E-state index >= 15 is 0 Å². The molecule has 7 heteroatoms. The first kappa shape index (κ1) is 23.6. The lowest BCUT2D eigenvalue weighted by molar-refractivity contribution is -0.00833. The van der Waals surface area contributed by atoms with Gasteiger partial charge >= 0.3 is 0 Å². The molecule has 0 spiro atoms. The average Bonchev–Trinajstić information content (AvgIpc) is 2.78. The van der Waals surface area contributed by atoms with Crippen molar-refractivity contribution >= 4 is 41.3 Å². The molecule has 3 rings (SSSR count). The van der Waals surface area contributed by atoms with E-state index in [2.05, 4.69) is 12.8 Å². The average molecular weight is 461 g/mol. The number of carbonyl (C=O) groups excluding carboxylic acids is 1. The van der Waals surface area contributed by atoms with Gasteiger partial charge in [-0.15, -0.1) is 0 Å². The van der Waals surface area contributed by atoms with E-state index in [0.717, 1.165) is 20.6 Å². The molecule has 0 fully saturated rings. The summed E-state index contributed by atoms with van der Waals surface area (Å²) < 4.78 is 29.1. The zero-order valence-electron chi connectivity index (χ0n) is 17.5. The molecular formula is C24H26F2N2OS2. The van der Waals surface area contributed by atoms with Gasteiger partial charge in [-0.1, -0.05) is 61.8 Å². The lowest BCUT2D eigenvalue weighted by atomic mass is 10.1. The normalized spacial score (nSPS) is 12.7. The van der Waals surface area contributed by atoms with Crippen LogP contribution in [0, 0.1) is 0 Å². The fraction of sp³-hybridized carbons (Fsp3) is 0.292. The van der Waals surface area contributed by atoms with Gasteiger partial charge in [0, 0.05) is 33.4 Å². The largest absolute Gasteiger partial charge is 0.330 e. The van der Waals surface area contributed by atoms with Crippen molar-refractivity contribution in [3.63, 3.8) is 0 Å². The van der Waals surface area contributed by atoms with E-state index in [9.17, 15) is 13.6 Å². The minimum absolute atomic E-state index is 0.0283. The molecule has 0 aliphatic rings. The van der Waals surface area contributed by atoms with Gasteiger partial charge in [0.1, 0.15) is 0 Å². The summed E-state index contributed by atoms with van der Waals surface area (Å²) in [5.74, 6) is -2.98. The van der Waals surface area contributed by atoms with Gasteiger partial charge < -0.3 is 5.73 Å². The van der Waals surface area contributed by atoms with Gasteiger partial charge in [-0.3, -0.25) is 9.10 Å². The Balaban J connectivity index is 1.84.